The Morgan fingerprint density at radius 2 is 1.81 bits per heavy atom. The topological polar surface area (TPSA) is 58.9 Å². The molecule has 0 spiro atoms. The monoisotopic (exact) mass is 516 g/mol. The third kappa shape index (κ3) is 5.51. The number of nitrogens with zero attached hydrogens (tertiary/aromatic N) is 3. The Morgan fingerprint density at radius 3 is 2.39 bits per heavy atom. The maximum atomic E-state index is 13.9. The van der Waals surface area contributed by atoms with Crippen LogP contribution in [0.2, 0.25) is 0 Å². The van der Waals surface area contributed by atoms with Gasteiger partial charge in [0.05, 0.1) is 5.69 Å². The number of hydrogen-bond donors (Lipinski definition) is 1. The second kappa shape index (κ2) is 9.89. The molecular formula is C25H33F5N4O2. The van der Waals surface area contributed by atoms with Gasteiger partial charge in [-0.2, -0.15) is 13.2 Å². The summed E-state index contributed by atoms with van der Waals surface area (Å²) in [6.07, 6.45) is -3.50. The molecule has 0 bridgehead atoms. The van der Waals surface area contributed by atoms with Crippen molar-refractivity contribution in [2.24, 2.45) is 5.92 Å². The summed E-state index contributed by atoms with van der Waals surface area (Å²) in [5, 5.41) is 2.94. The summed E-state index contributed by atoms with van der Waals surface area (Å²) in [4.78, 5) is 19.0. The van der Waals surface area contributed by atoms with E-state index in [-0.39, 0.29) is 66.4 Å². The van der Waals surface area contributed by atoms with Crippen molar-refractivity contribution in [1.29, 1.82) is 0 Å². The molecule has 0 aromatic carbocycles. The van der Waals surface area contributed by atoms with E-state index in [0.29, 0.717) is 25.5 Å². The van der Waals surface area contributed by atoms with Crippen LogP contribution in [0.25, 0.3) is 5.65 Å². The average molecular weight is 517 g/mol. The van der Waals surface area contributed by atoms with Gasteiger partial charge in [-0.3, -0.25) is 4.79 Å². The number of carbonyl (C=O) groups excluding carboxylic acids is 1. The number of ether oxygens (including phenoxy) is 1. The number of halogens is 5. The lowest BCUT2D eigenvalue weighted by atomic mass is 9.83. The van der Waals surface area contributed by atoms with Crippen molar-refractivity contribution in [3.8, 4) is 0 Å². The lowest BCUT2D eigenvalue weighted by molar-refractivity contribution is -0.141. The molecular weight excluding hydrogens is 483 g/mol. The molecule has 2 aliphatic rings. The number of amides is 1. The molecule has 1 N–H and O–H groups in total. The third-order valence-electron chi connectivity index (χ3n) is 7.80. The van der Waals surface area contributed by atoms with E-state index in [1.54, 1.807) is 13.0 Å². The minimum absolute atomic E-state index is 0.00585. The van der Waals surface area contributed by atoms with Crippen molar-refractivity contribution in [2.45, 2.75) is 69.5 Å². The Morgan fingerprint density at radius 1 is 1.17 bits per heavy atom. The van der Waals surface area contributed by atoms with Gasteiger partial charge in [0.1, 0.15) is 5.65 Å². The predicted octanol–water partition coefficient (Wildman–Crippen LogP) is 4.87. The van der Waals surface area contributed by atoms with Crippen LogP contribution in [0.4, 0.5) is 22.0 Å². The SMILES string of the molecule is Cc1cc(C(=O)NCC2(N(C)C)CCOCC2)cc2nc(C(F)(F)F)c(CC3CCC(F)(F)CC3)n12. The molecule has 1 saturated heterocycles. The second-order valence-electron chi connectivity index (χ2n) is 10.4. The van der Waals surface area contributed by atoms with Crippen LogP contribution < -0.4 is 5.32 Å². The number of alkyl halides is 5. The third-order valence-corrected chi connectivity index (χ3v) is 7.80. The maximum Gasteiger partial charge on any atom is 0.435 e. The lowest BCUT2D eigenvalue weighted by Crippen LogP contribution is -2.55. The molecule has 1 aliphatic heterocycles. The number of nitrogens with one attached hydrogen (secondary N) is 1. The molecule has 4 rings (SSSR count). The first kappa shape index (κ1) is 26.8. The number of hydrogen-bond acceptors (Lipinski definition) is 4. The number of carbonyl (C=O) groups is 1. The lowest BCUT2D eigenvalue weighted by Gasteiger charge is -2.42. The molecule has 6 nitrogen and oxygen atoms in total. The number of aromatic nitrogens is 2. The molecule has 1 saturated carbocycles. The summed E-state index contributed by atoms with van der Waals surface area (Å²) in [7, 11) is 3.90. The van der Waals surface area contributed by atoms with E-state index >= 15 is 0 Å². The molecule has 2 aromatic heterocycles. The van der Waals surface area contributed by atoms with Gasteiger partial charge in [0.25, 0.3) is 5.91 Å². The molecule has 36 heavy (non-hydrogen) atoms. The van der Waals surface area contributed by atoms with E-state index in [4.69, 9.17) is 4.74 Å². The van der Waals surface area contributed by atoms with Crippen LogP contribution in [-0.2, 0) is 17.3 Å². The van der Waals surface area contributed by atoms with E-state index in [9.17, 15) is 26.7 Å². The minimum atomic E-state index is -4.70. The first-order chi connectivity index (χ1) is 16.8. The summed E-state index contributed by atoms with van der Waals surface area (Å²) in [6, 6.07) is 2.91. The highest BCUT2D eigenvalue weighted by Gasteiger charge is 2.41. The molecule has 2 fully saturated rings. The Hall–Kier alpha value is -2.27. The highest BCUT2D eigenvalue weighted by molar-refractivity contribution is 5.95. The highest BCUT2D eigenvalue weighted by Crippen LogP contribution is 2.40. The Kier molecular flexibility index (Phi) is 7.36. The van der Waals surface area contributed by atoms with Gasteiger partial charge in [0, 0.05) is 49.4 Å². The second-order valence-corrected chi connectivity index (χ2v) is 10.4. The smallest absolute Gasteiger partial charge is 0.381 e. The van der Waals surface area contributed by atoms with Gasteiger partial charge in [-0.1, -0.05) is 0 Å². The zero-order valence-corrected chi connectivity index (χ0v) is 20.9. The van der Waals surface area contributed by atoms with E-state index in [0.717, 1.165) is 12.8 Å². The van der Waals surface area contributed by atoms with Crippen LogP contribution in [0, 0.1) is 12.8 Å². The Bertz CT molecular complexity index is 1100. The van der Waals surface area contributed by atoms with Crippen molar-refractivity contribution in [3.63, 3.8) is 0 Å². The van der Waals surface area contributed by atoms with Crippen LogP contribution in [0.3, 0.4) is 0 Å². The quantitative estimate of drug-likeness (QED) is 0.557. The number of imidazole rings is 1. The van der Waals surface area contributed by atoms with Crippen molar-refractivity contribution in [3.05, 3.63) is 34.8 Å². The van der Waals surface area contributed by atoms with Gasteiger partial charge in [0.15, 0.2) is 5.69 Å². The van der Waals surface area contributed by atoms with Gasteiger partial charge >= 0.3 is 6.18 Å². The van der Waals surface area contributed by atoms with Crippen LogP contribution >= 0.6 is 0 Å². The molecule has 3 heterocycles. The molecule has 11 heteroatoms. The van der Waals surface area contributed by atoms with Crippen LogP contribution in [0.5, 0.6) is 0 Å². The summed E-state index contributed by atoms with van der Waals surface area (Å²) in [6.45, 7) is 3.19. The van der Waals surface area contributed by atoms with Gasteiger partial charge in [-0.15, -0.1) is 0 Å². The summed E-state index contributed by atoms with van der Waals surface area (Å²) >= 11 is 0. The van der Waals surface area contributed by atoms with Crippen molar-refractivity contribution >= 4 is 11.6 Å². The molecule has 2 aromatic rings. The fourth-order valence-corrected chi connectivity index (χ4v) is 5.44. The minimum Gasteiger partial charge on any atom is -0.381 e. The van der Waals surface area contributed by atoms with Crippen molar-refractivity contribution in [2.75, 3.05) is 33.9 Å². The Balaban J connectivity index is 1.60. The van der Waals surface area contributed by atoms with Crippen LogP contribution in [0.1, 0.15) is 66.0 Å². The molecule has 1 amide bonds. The normalized spacial score (nSPS) is 20.7. The number of fused-ring (bicyclic) bond motifs is 1. The maximum absolute atomic E-state index is 13.9. The van der Waals surface area contributed by atoms with E-state index in [1.165, 1.54) is 10.5 Å². The van der Waals surface area contributed by atoms with E-state index in [1.807, 2.05) is 14.1 Å². The number of rotatable bonds is 6. The largest absolute Gasteiger partial charge is 0.435 e. The van der Waals surface area contributed by atoms with Crippen LogP contribution in [-0.4, -0.2) is 65.5 Å². The Labute approximate surface area is 207 Å². The number of aryl methyl sites for hydroxylation is 1. The van der Waals surface area contributed by atoms with Gasteiger partial charge in [0.2, 0.25) is 5.92 Å². The van der Waals surface area contributed by atoms with E-state index in [2.05, 4.69) is 15.2 Å². The standard InChI is InChI=1S/C25H33F5N4O2/c1-16-12-18(22(35)31-15-23(33(2)3)8-10-36-11-9-23)14-20-32-21(25(28,29)30)19(34(16)20)13-17-4-6-24(26,27)7-5-17/h12,14,17H,4-11,13,15H2,1-3H3,(H,31,35). The number of pyridine rings is 1. The first-order valence-electron chi connectivity index (χ1n) is 12.3. The molecule has 1 aliphatic carbocycles. The molecule has 0 unspecified atom stereocenters. The van der Waals surface area contributed by atoms with Gasteiger partial charge < -0.3 is 19.4 Å². The zero-order valence-electron chi connectivity index (χ0n) is 20.9. The fourth-order valence-electron chi connectivity index (χ4n) is 5.44. The van der Waals surface area contributed by atoms with Gasteiger partial charge in [-0.05, 0) is 71.2 Å². The van der Waals surface area contributed by atoms with Crippen LogP contribution in [0.15, 0.2) is 12.1 Å². The predicted molar refractivity (Wildman–Crippen MR) is 124 cm³/mol. The first-order valence-corrected chi connectivity index (χ1v) is 12.3. The molecule has 0 atom stereocenters. The van der Waals surface area contributed by atoms with E-state index < -0.39 is 17.8 Å². The summed E-state index contributed by atoms with van der Waals surface area (Å²) < 4.78 is 75.7. The van der Waals surface area contributed by atoms with Gasteiger partial charge in [-0.25, -0.2) is 13.8 Å². The van der Waals surface area contributed by atoms with Crippen molar-refractivity contribution < 1.29 is 31.5 Å². The summed E-state index contributed by atoms with van der Waals surface area (Å²) in [5.41, 5.74) is -0.626. The van der Waals surface area contributed by atoms with Crippen molar-refractivity contribution in [1.82, 2.24) is 19.6 Å². The highest BCUT2D eigenvalue weighted by atomic mass is 19.4. The zero-order chi connectivity index (χ0) is 26.3. The summed E-state index contributed by atoms with van der Waals surface area (Å²) in [5.74, 6) is -3.42. The fraction of sp³-hybridized carbons (Fsp3) is 0.680. The molecule has 200 valence electrons. The average Bonchev–Trinajstić information content (AvgIpc) is 3.18. The molecule has 0 radical (unpaired) electrons. The number of likely N-dealkylation sites (N-methyl/N-ethyl adjacent to an activating group) is 1.